The summed E-state index contributed by atoms with van der Waals surface area (Å²) in [6.45, 7) is 0.686. The Balaban J connectivity index is 1.95. The number of phenols is 1. The van der Waals surface area contributed by atoms with Crippen LogP contribution in [0.25, 0.3) is 0 Å². The summed E-state index contributed by atoms with van der Waals surface area (Å²) in [6.07, 6.45) is 0.634. The van der Waals surface area contributed by atoms with E-state index in [1.54, 1.807) is 30.3 Å². The number of rotatable bonds is 2. The van der Waals surface area contributed by atoms with E-state index in [2.05, 4.69) is 0 Å². The Kier molecular flexibility index (Phi) is 3.65. The number of benzene rings is 2. The third-order valence-corrected chi connectivity index (χ3v) is 5.68. The van der Waals surface area contributed by atoms with Crippen LogP contribution >= 0.6 is 11.6 Å². The summed E-state index contributed by atoms with van der Waals surface area (Å²) in [7, 11) is -3.57. The third-order valence-electron chi connectivity index (χ3n) is 3.60. The molecular formula is C15H14ClNO3S. The average molecular weight is 324 g/mol. The fourth-order valence-corrected chi connectivity index (χ4v) is 4.22. The summed E-state index contributed by atoms with van der Waals surface area (Å²) in [5.41, 5.74) is 1.91. The molecule has 3 rings (SSSR count). The first-order chi connectivity index (χ1) is 9.96. The predicted octanol–water partition coefficient (Wildman–Crippen LogP) is 2.79. The monoisotopic (exact) mass is 323 g/mol. The molecule has 6 heteroatoms. The van der Waals surface area contributed by atoms with Gasteiger partial charge in [0.15, 0.2) is 0 Å². The number of nitrogens with zero attached hydrogens (tertiary/aromatic N) is 1. The average Bonchev–Trinajstić information content (AvgIpc) is 2.46. The summed E-state index contributed by atoms with van der Waals surface area (Å²) in [4.78, 5) is 0.193. The normalized spacial score (nSPS) is 15.7. The fraction of sp³-hybridized carbons (Fsp3) is 0.200. The molecule has 0 atom stereocenters. The molecule has 21 heavy (non-hydrogen) atoms. The van der Waals surface area contributed by atoms with Gasteiger partial charge >= 0.3 is 0 Å². The topological polar surface area (TPSA) is 57.6 Å². The summed E-state index contributed by atoms with van der Waals surface area (Å²) < 4.78 is 26.7. The number of fused-ring (bicyclic) bond motifs is 1. The highest BCUT2D eigenvalue weighted by molar-refractivity contribution is 7.89. The van der Waals surface area contributed by atoms with Crippen LogP contribution < -0.4 is 0 Å². The highest BCUT2D eigenvalue weighted by Crippen LogP contribution is 2.28. The van der Waals surface area contributed by atoms with Gasteiger partial charge in [0.1, 0.15) is 5.75 Å². The van der Waals surface area contributed by atoms with Gasteiger partial charge in [0.05, 0.1) is 4.90 Å². The highest BCUT2D eigenvalue weighted by Gasteiger charge is 2.28. The minimum Gasteiger partial charge on any atom is -0.508 e. The second-order valence-corrected chi connectivity index (χ2v) is 7.37. The van der Waals surface area contributed by atoms with E-state index in [-0.39, 0.29) is 17.2 Å². The first-order valence-electron chi connectivity index (χ1n) is 6.53. The maximum atomic E-state index is 12.6. The Morgan fingerprint density at radius 2 is 1.90 bits per heavy atom. The molecule has 1 aliphatic heterocycles. The van der Waals surface area contributed by atoms with Gasteiger partial charge in [-0.2, -0.15) is 4.31 Å². The van der Waals surface area contributed by atoms with Gasteiger partial charge in [-0.15, -0.1) is 0 Å². The van der Waals surface area contributed by atoms with Crippen LogP contribution in [0.3, 0.4) is 0 Å². The van der Waals surface area contributed by atoms with Crippen LogP contribution in [0.4, 0.5) is 0 Å². The molecule has 0 fully saturated rings. The minimum atomic E-state index is -3.57. The van der Waals surface area contributed by atoms with E-state index in [1.165, 1.54) is 10.4 Å². The van der Waals surface area contributed by atoms with Crippen LogP contribution in [0.1, 0.15) is 11.1 Å². The van der Waals surface area contributed by atoms with Crippen LogP contribution in [-0.4, -0.2) is 24.4 Å². The van der Waals surface area contributed by atoms with Crippen molar-refractivity contribution in [3.8, 4) is 5.75 Å². The number of sulfonamides is 1. The van der Waals surface area contributed by atoms with Crippen LogP contribution in [0.2, 0.25) is 5.02 Å². The van der Waals surface area contributed by atoms with Gasteiger partial charge < -0.3 is 5.11 Å². The first kappa shape index (κ1) is 14.4. The Morgan fingerprint density at radius 1 is 1.10 bits per heavy atom. The molecule has 0 aromatic heterocycles. The number of hydrogen-bond donors (Lipinski definition) is 1. The van der Waals surface area contributed by atoms with E-state index >= 15 is 0 Å². The van der Waals surface area contributed by atoms with Gasteiger partial charge in [0.2, 0.25) is 10.0 Å². The quantitative estimate of drug-likeness (QED) is 0.924. The van der Waals surface area contributed by atoms with Crippen molar-refractivity contribution in [1.82, 2.24) is 4.31 Å². The zero-order valence-electron chi connectivity index (χ0n) is 11.2. The molecule has 1 aliphatic rings. The lowest BCUT2D eigenvalue weighted by Gasteiger charge is -2.28. The van der Waals surface area contributed by atoms with Crippen molar-refractivity contribution in [2.75, 3.05) is 6.54 Å². The van der Waals surface area contributed by atoms with E-state index in [0.29, 0.717) is 18.0 Å². The number of halogens is 1. The predicted molar refractivity (Wildman–Crippen MR) is 80.9 cm³/mol. The van der Waals surface area contributed by atoms with E-state index in [9.17, 15) is 13.5 Å². The van der Waals surface area contributed by atoms with Crippen LogP contribution in [0.5, 0.6) is 5.75 Å². The maximum absolute atomic E-state index is 12.6. The highest BCUT2D eigenvalue weighted by atomic mass is 35.5. The van der Waals surface area contributed by atoms with E-state index in [1.807, 2.05) is 6.07 Å². The fourth-order valence-electron chi connectivity index (χ4n) is 2.50. The van der Waals surface area contributed by atoms with Crippen molar-refractivity contribution in [3.05, 3.63) is 58.6 Å². The standard InChI is InChI=1S/C15H14ClNO3S/c16-13-2-1-3-15(9-13)21(19,20)17-7-6-11-4-5-14(18)8-12(11)10-17/h1-5,8-9,18H,6-7,10H2. The number of hydrogen-bond acceptors (Lipinski definition) is 3. The van der Waals surface area contributed by atoms with Crippen molar-refractivity contribution >= 4 is 21.6 Å². The van der Waals surface area contributed by atoms with Crippen molar-refractivity contribution in [3.63, 3.8) is 0 Å². The molecule has 1 heterocycles. The second-order valence-electron chi connectivity index (χ2n) is 5.00. The third kappa shape index (κ3) is 2.77. The zero-order valence-corrected chi connectivity index (χ0v) is 12.7. The van der Waals surface area contributed by atoms with Crippen molar-refractivity contribution < 1.29 is 13.5 Å². The maximum Gasteiger partial charge on any atom is 0.243 e. The smallest absolute Gasteiger partial charge is 0.243 e. The first-order valence-corrected chi connectivity index (χ1v) is 8.35. The summed E-state index contributed by atoms with van der Waals surface area (Å²) in [5, 5.41) is 9.94. The van der Waals surface area contributed by atoms with Gasteiger partial charge in [0.25, 0.3) is 0 Å². The largest absolute Gasteiger partial charge is 0.508 e. The molecule has 0 radical (unpaired) electrons. The lowest BCUT2D eigenvalue weighted by molar-refractivity contribution is 0.389. The lowest BCUT2D eigenvalue weighted by Crippen LogP contribution is -2.35. The summed E-state index contributed by atoms with van der Waals surface area (Å²) in [6, 6.07) is 11.3. The molecule has 4 nitrogen and oxygen atoms in total. The Hall–Kier alpha value is -1.56. The molecule has 0 unspecified atom stereocenters. The van der Waals surface area contributed by atoms with Crippen LogP contribution in [0, 0.1) is 0 Å². The van der Waals surface area contributed by atoms with E-state index in [4.69, 9.17) is 11.6 Å². The molecule has 0 saturated carbocycles. The summed E-state index contributed by atoms with van der Waals surface area (Å²) >= 11 is 5.88. The van der Waals surface area contributed by atoms with Gasteiger partial charge in [-0.3, -0.25) is 0 Å². The zero-order chi connectivity index (χ0) is 15.0. The lowest BCUT2D eigenvalue weighted by atomic mass is 10.0. The molecule has 0 aliphatic carbocycles. The number of aromatic hydroxyl groups is 1. The van der Waals surface area contributed by atoms with Crippen molar-refractivity contribution in [2.24, 2.45) is 0 Å². The second kappa shape index (κ2) is 5.33. The van der Waals surface area contributed by atoms with E-state index < -0.39 is 10.0 Å². The molecule has 0 saturated heterocycles. The summed E-state index contributed by atoms with van der Waals surface area (Å²) in [5.74, 6) is 0.149. The molecule has 2 aromatic rings. The van der Waals surface area contributed by atoms with Gasteiger partial charge in [0, 0.05) is 18.1 Å². The molecule has 110 valence electrons. The minimum absolute atomic E-state index is 0.149. The Morgan fingerprint density at radius 3 is 2.67 bits per heavy atom. The molecule has 2 aromatic carbocycles. The SMILES string of the molecule is O=S(=O)(c1cccc(Cl)c1)N1CCc2ccc(O)cc2C1. The van der Waals surface area contributed by atoms with Crippen LogP contribution in [0.15, 0.2) is 47.4 Å². The van der Waals surface area contributed by atoms with Gasteiger partial charge in [-0.05, 0) is 47.9 Å². The molecule has 1 N–H and O–H groups in total. The molecule has 0 bridgehead atoms. The molecule has 0 amide bonds. The number of phenolic OH excluding ortho intramolecular Hbond substituents is 1. The van der Waals surface area contributed by atoms with Crippen molar-refractivity contribution in [2.45, 2.75) is 17.9 Å². The Bertz CT molecular complexity index is 789. The van der Waals surface area contributed by atoms with Gasteiger partial charge in [-0.1, -0.05) is 23.7 Å². The van der Waals surface area contributed by atoms with Gasteiger partial charge in [-0.25, -0.2) is 8.42 Å². The molecule has 0 spiro atoms. The van der Waals surface area contributed by atoms with Crippen LogP contribution in [-0.2, 0) is 23.0 Å². The van der Waals surface area contributed by atoms with E-state index in [0.717, 1.165) is 11.1 Å². The Labute approximate surface area is 128 Å². The van der Waals surface area contributed by atoms with Crippen molar-refractivity contribution in [1.29, 1.82) is 0 Å². The molecular weight excluding hydrogens is 310 g/mol.